The molecule has 0 heterocycles. The van der Waals surface area contributed by atoms with Crippen LogP contribution in [0.25, 0.3) is 0 Å². The van der Waals surface area contributed by atoms with Crippen molar-refractivity contribution in [1.29, 1.82) is 0 Å². The zero-order valence-electron chi connectivity index (χ0n) is 13.1. The maximum Gasteiger partial charge on any atom is 0.407 e. The fraction of sp³-hybridized carbons (Fsp3) is 0.211. The van der Waals surface area contributed by atoms with E-state index < -0.39 is 18.3 Å². The standard InChI is InChI=1S/C19H19NO4/c1-2-14-8-10-16(11-9-14)18(22)17(21)12-20-19(23)24-13-15-6-4-3-5-7-15/h1,3-11,17-18,21-22H,12-13H2,(H,20,23). The molecular weight excluding hydrogens is 306 g/mol. The van der Waals surface area contributed by atoms with Crippen molar-refractivity contribution in [3.05, 3.63) is 71.3 Å². The van der Waals surface area contributed by atoms with Crippen molar-refractivity contribution in [3.8, 4) is 12.3 Å². The molecule has 0 aliphatic rings. The highest BCUT2D eigenvalue weighted by Crippen LogP contribution is 2.17. The Morgan fingerprint density at radius 1 is 1.12 bits per heavy atom. The van der Waals surface area contributed by atoms with Crippen LogP contribution in [0.1, 0.15) is 22.8 Å². The highest BCUT2D eigenvalue weighted by Gasteiger charge is 2.19. The van der Waals surface area contributed by atoms with Gasteiger partial charge in [-0.05, 0) is 23.3 Å². The van der Waals surface area contributed by atoms with Crippen LogP contribution in [0.5, 0.6) is 0 Å². The average Bonchev–Trinajstić information content (AvgIpc) is 2.64. The van der Waals surface area contributed by atoms with Gasteiger partial charge in [0, 0.05) is 12.1 Å². The Labute approximate surface area is 140 Å². The minimum atomic E-state index is -1.16. The van der Waals surface area contributed by atoms with Crippen molar-refractivity contribution in [2.45, 2.75) is 18.8 Å². The maximum absolute atomic E-state index is 11.6. The highest BCUT2D eigenvalue weighted by molar-refractivity contribution is 5.67. The summed E-state index contributed by atoms with van der Waals surface area (Å²) in [6.45, 7) is 0.00452. The van der Waals surface area contributed by atoms with E-state index in [0.29, 0.717) is 11.1 Å². The fourth-order valence-corrected chi connectivity index (χ4v) is 2.07. The molecule has 0 saturated heterocycles. The van der Waals surface area contributed by atoms with E-state index in [1.54, 1.807) is 24.3 Å². The zero-order valence-corrected chi connectivity index (χ0v) is 13.1. The van der Waals surface area contributed by atoms with E-state index >= 15 is 0 Å². The van der Waals surface area contributed by atoms with Gasteiger partial charge in [0.25, 0.3) is 0 Å². The lowest BCUT2D eigenvalue weighted by atomic mass is 10.0. The highest BCUT2D eigenvalue weighted by atomic mass is 16.5. The minimum absolute atomic E-state index is 0.133. The topological polar surface area (TPSA) is 78.8 Å². The molecule has 0 fully saturated rings. The molecule has 1 amide bonds. The first-order valence-electron chi connectivity index (χ1n) is 7.47. The van der Waals surface area contributed by atoms with Gasteiger partial charge in [0.05, 0.1) is 0 Å². The lowest BCUT2D eigenvalue weighted by molar-refractivity contribution is 0.0184. The Bertz CT molecular complexity index is 692. The molecule has 5 heteroatoms. The number of carbonyl (C=O) groups is 1. The molecule has 0 aromatic heterocycles. The monoisotopic (exact) mass is 325 g/mol. The van der Waals surface area contributed by atoms with Crippen LogP contribution in [0.3, 0.4) is 0 Å². The summed E-state index contributed by atoms with van der Waals surface area (Å²) < 4.78 is 5.03. The molecule has 5 nitrogen and oxygen atoms in total. The van der Waals surface area contributed by atoms with Crippen molar-refractivity contribution in [3.63, 3.8) is 0 Å². The SMILES string of the molecule is C#Cc1ccc(C(O)C(O)CNC(=O)OCc2ccccc2)cc1. The Morgan fingerprint density at radius 3 is 2.42 bits per heavy atom. The summed E-state index contributed by atoms with van der Waals surface area (Å²) in [4.78, 5) is 11.6. The van der Waals surface area contributed by atoms with Crippen LogP contribution in [0.15, 0.2) is 54.6 Å². The van der Waals surface area contributed by atoms with Gasteiger partial charge in [-0.25, -0.2) is 4.79 Å². The molecule has 0 spiro atoms. The number of alkyl carbamates (subject to hydrolysis) is 1. The van der Waals surface area contributed by atoms with Crippen molar-refractivity contribution in [2.24, 2.45) is 0 Å². The first-order valence-corrected chi connectivity index (χ1v) is 7.47. The zero-order chi connectivity index (χ0) is 17.4. The normalized spacial score (nSPS) is 12.7. The Balaban J connectivity index is 1.77. The van der Waals surface area contributed by atoms with E-state index in [9.17, 15) is 15.0 Å². The van der Waals surface area contributed by atoms with Gasteiger partial charge in [-0.3, -0.25) is 0 Å². The quantitative estimate of drug-likeness (QED) is 0.710. The summed E-state index contributed by atoms with van der Waals surface area (Å²) in [7, 11) is 0. The molecule has 0 saturated carbocycles. The average molecular weight is 325 g/mol. The fourth-order valence-electron chi connectivity index (χ4n) is 2.07. The van der Waals surface area contributed by atoms with Crippen molar-refractivity contribution in [1.82, 2.24) is 5.32 Å². The van der Waals surface area contributed by atoms with E-state index in [2.05, 4.69) is 11.2 Å². The molecular formula is C19H19NO4. The number of amides is 1. The summed E-state index contributed by atoms with van der Waals surface area (Å²) in [5, 5.41) is 22.5. The van der Waals surface area contributed by atoms with Gasteiger partial charge in [-0.1, -0.05) is 48.4 Å². The van der Waals surface area contributed by atoms with Crippen LogP contribution in [0.2, 0.25) is 0 Å². The Hall–Kier alpha value is -2.81. The summed E-state index contributed by atoms with van der Waals surface area (Å²) >= 11 is 0. The van der Waals surface area contributed by atoms with Crippen LogP contribution in [0, 0.1) is 12.3 Å². The molecule has 2 unspecified atom stereocenters. The third kappa shape index (κ3) is 5.13. The molecule has 0 radical (unpaired) electrons. The van der Waals surface area contributed by atoms with Crippen molar-refractivity contribution < 1.29 is 19.7 Å². The molecule has 2 aromatic rings. The third-order valence-electron chi connectivity index (χ3n) is 3.45. The van der Waals surface area contributed by atoms with Gasteiger partial charge in [0.1, 0.15) is 18.8 Å². The number of hydrogen-bond donors (Lipinski definition) is 3. The lowest BCUT2D eigenvalue weighted by Crippen LogP contribution is -2.35. The van der Waals surface area contributed by atoms with Gasteiger partial charge in [-0.2, -0.15) is 0 Å². The molecule has 2 rings (SSSR count). The number of benzene rings is 2. The van der Waals surface area contributed by atoms with Crippen LogP contribution in [0.4, 0.5) is 4.79 Å². The summed E-state index contributed by atoms with van der Waals surface area (Å²) in [5.41, 5.74) is 2.06. The Kier molecular flexibility index (Phi) is 6.38. The molecule has 3 N–H and O–H groups in total. The number of ether oxygens (including phenoxy) is 1. The third-order valence-corrected chi connectivity index (χ3v) is 3.45. The predicted octanol–water partition coefficient (Wildman–Crippen LogP) is 1.99. The summed E-state index contributed by atoms with van der Waals surface area (Å²) in [6.07, 6.45) is 2.31. The van der Waals surface area contributed by atoms with E-state index in [-0.39, 0.29) is 13.2 Å². The molecule has 2 atom stereocenters. The van der Waals surface area contributed by atoms with Crippen LogP contribution in [-0.4, -0.2) is 29.0 Å². The second-order valence-electron chi connectivity index (χ2n) is 5.22. The molecule has 0 bridgehead atoms. The van der Waals surface area contributed by atoms with Crippen LogP contribution >= 0.6 is 0 Å². The van der Waals surface area contributed by atoms with E-state index in [1.807, 2.05) is 30.3 Å². The van der Waals surface area contributed by atoms with Gasteiger partial charge in [-0.15, -0.1) is 6.42 Å². The molecule has 0 aliphatic carbocycles. The van der Waals surface area contributed by atoms with Crippen molar-refractivity contribution in [2.75, 3.05) is 6.54 Å². The van der Waals surface area contributed by atoms with Gasteiger partial charge in [0.2, 0.25) is 0 Å². The summed E-state index contributed by atoms with van der Waals surface area (Å²) in [5.74, 6) is 2.47. The van der Waals surface area contributed by atoms with Crippen LogP contribution < -0.4 is 5.32 Å². The minimum Gasteiger partial charge on any atom is -0.445 e. The molecule has 2 aromatic carbocycles. The molecule has 124 valence electrons. The van der Waals surface area contributed by atoms with E-state index in [4.69, 9.17) is 11.2 Å². The van der Waals surface area contributed by atoms with E-state index in [1.165, 1.54) is 0 Å². The first kappa shape index (κ1) is 17.5. The number of hydrogen-bond acceptors (Lipinski definition) is 4. The second-order valence-corrected chi connectivity index (χ2v) is 5.22. The predicted molar refractivity (Wildman–Crippen MR) is 90.0 cm³/mol. The second kappa shape index (κ2) is 8.73. The van der Waals surface area contributed by atoms with Gasteiger partial charge in [0.15, 0.2) is 0 Å². The molecule has 0 aliphatic heterocycles. The molecule has 24 heavy (non-hydrogen) atoms. The van der Waals surface area contributed by atoms with Crippen LogP contribution in [-0.2, 0) is 11.3 Å². The smallest absolute Gasteiger partial charge is 0.407 e. The number of nitrogens with one attached hydrogen (secondary N) is 1. The van der Waals surface area contributed by atoms with Gasteiger partial charge < -0.3 is 20.3 Å². The van der Waals surface area contributed by atoms with E-state index in [0.717, 1.165) is 5.56 Å². The Morgan fingerprint density at radius 2 is 1.79 bits per heavy atom. The van der Waals surface area contributed by atoms with Crippen molar-refractivity contribution >= 4 is 6.09 Å². The lowest BCUT2D eigenvalue weighted by Gasteiger charge is -2.18. The maximum atomic E-state index is 11.6. The number of aliphatic hydroxyl groups is 2. The number of terminal acetylenes is 1. The number of carbonyl (C=O) groups excluding carboxylic acids is 1. The largest absolute Gasteiger partial charge is 0.445 e. The summed E-state index contributed by atoms with van der Waals surface area (Å²) in [6, 6.07) is 15.9. The number of aliphatic hydroxyl groups excluding tert-OH is 2. The number of rotatable bonds is 6. The van der Waals surface area contributed by atoms with Gasteiger partial charge >= 0.3 is 6.09 Å². The first-order chi connectivity index (χ1) is 11.6.